The molecule has 1 aliphatic heterocycles. The van der Waals surface area contributed by atoms with E-state index in [1.54, 1.807) is 11.8 Å². The van der Waals surface area contributed by atoms with Crippen molar-refractivity contribution in [2.75, 3.05) is 18.6 Å². The first kappa shape index (κ1) is 14.4. The molecule has 1 aromatic carbocycles. The molecule has 2 unspecified atom stereocenters. The molecule has 1 aliphatic rings. The van der Waals surface area contributed by atoms with E-state index in [9.17, 15) is 4.79 Å². The SMILES string of the molecule is CCc1ccc(C2NCC(=O)N2C(C)CSC)cc1. The minimum absolute atomic E-state index is 0.0283. The standard InChI is InChI=1S/C15H22N2OS/c1-4-12-5-7-13(8-6-12)15-16-9-14(18)17(15)11(2)10-19-3/h5-8,11,15-16H,4,9-10H2,1-3H3. The van der Waals surface area contributed by atoms with Gasteiger partial charge in [-0.05, 0) is 30.7 Å². The zero-order valence-electron chi connectivity index (χ0n) is 11.8. The Morgan fingerprint density at radius 1 is 1.42 bits per heavy atom. The highest BCUT2D eigenvalue weighted by molar-refractivity contribution is 7.98. The molecule has 0 aliphatic carbocycles. The Bertz CT molecular complexity index is 432. The van der Waals surface area contributed by atoms with Crippen LogP contribution in [-0.4, -0.2) is 35.4 Å². The third-order valence-electron chi connectivity index (χ3n) is 3.60. The van der Waals surface area contributed by atoms with Gasteiger partial charge in [0.2, 0.25) is 5.91 Å². The van der Waals surface area contributed by atoms with E-state index in [2.05, 4.69) is 49.7 Å². The third kappa shape index (κ3) is 3.12. The molecule has 2 rings (SSSR count). The topological polar surface area (TPSA) is 32.3 Å². The van der Waals surface area contributed by atoms with Crippen LogP contribution in [0.3, 0.4) is 0 Å². The maximum absolute atomic E-state index is 12.1. The molecule has 104 valence electrons. The van der Waals surface area contributed by atoms with Gasteiger partial charge in [-0.15, -0.1) is 0 Å². The van der Waals surface area contributed by atoms with Gasteiger partial charge in [-0.25, -0.2) is 0 Å². The number of aryl methyl sites for hydroxylation is 1. The second kappa shape index (κ2) is 6.44. The summed E-state index contributed by atoms with van der Waals surface area (Å²) in [4.78, 5) is 14.0. The number of hydrogen-bond acceptors (Lipinski definition) is 3. The monoisotopic (exact) mass is 278 g/mol. The van der Waals surface area contributed by atoms with Gasteiger partial charge in [-0.2, -0.15) is 11.8 Å². The zero-order chi connectivity index (χ0) is 13.8. The van der Waals surface area contributed by atoms with Gasteiger partial charge in [0.25, 0.3) is 0 Å². The summed E-state index contributed by atoms with van der Waals surface area (Å²) in [7, 11) is 0. The summed E-state index contributed by atoms with van der Waals surface area (Å²) in [5.74, 6) is 1.17. The van der Waals surface area contributed by atoms with Crippen molar-refractivity contribution in [2.45, 2.75) is 32.5 Å². The summed E-state index contributed by atoms with van der Waals surface area (Å²) in [6.07, 6.45) is 3.15. The number of carbonyl (C=O) groups is 1. The predicted molar refractivity (Wildman–Crippen MR) is 81.3 cm³/mol. The fourth-order valence-electron chi connectivity index (χ4n) is 2.55. The summed E-state index contributed by atoms with van der Waals surface area (Å²) < 4.78 is 0. The highest BCUT2D eigenvalue weighted by Crippen LogP contribution is 2.26. The Kier molecular flexibility index (Phi) is 4.88. The first-order valence-electron chi connectivity index (χ1n) is 6.79. The van der Waals surface area contributed by atoms with Crippen LogP contribution >= 0.6 is 11.8 Å². The summed E-state index contributed by atoms with van der Waals surface area (Å²) in [6, 6.07) is 8.82. The van der Waals surface area contributed by atoms with Gasteiger partial charge in [0.15, 0.2) is 0 Å². The average Bonchev–Trinajstić information content (AvgIpc) is 2.81. The molecule has 1 amide bonds. The molecule has 1 N–H and O–H groups in total. The molecule has 1 saturated heterocycles. The molecule has 19 heavy (non-hydrogen) atoms. The van der Waals surface area contributed by atoms with Crippen LogP contribution < -0.4 is 5.32 Å². The second-order valence-electron chi connectivity index (χ2n) is 4.98. The van der Waals surface area contributed by atoms with E-state index in [0.717, 1.165) is 12.2 Å². The maximum Gasteiger partial charge on any atom is 0.238 e. The van der Waals surface area contributed by atoms with Crippen LogP contribution in [-0.2, 0) is 11.2 Å². The average molecular weight is 278 g/mol. The van der Waals surface area contributed by atoms with Gasteiger partial charge in [-0.3, -0.25) is 10.1 Å². The molecule has 0 spiro atoms. The zero-order valence-corrected chi connectivity index (χ0v) is 12.7. The van der Waals surface area contributed by atoms with Gasteiger partial charge < -0.3 is 4.90 Å². The number of carbonyl (C=O) groups excluding carboxylic acids is 1. The van der Waals surface area contributed by atoms with Crippen LogP contribution in [0.25, 0.3) is 0 Å². The molecule has 1 fully saturated rings. The number of benzene rings is 1. The Morgan fingerprint density at radius 2 is 2.11 bits per heavy atom. The highest BCUT2D eigenvalue weighted by atomic mass is 32.2. The Labute approximate surface area is 119 Å². The predicted octanol–water partition coefficient (Wildman–Crippen LogP) is 2.43. The molecule has 1 aromatic rings. The summed E-state index contributed by atoms with van der Waals surface area (Å²) in [5.41, 5.74) is 2.51. The number of hydrogen-bond donors (Lipinski definition) is 1. The Morgan fingerprint density at radius 3 is 2.68 bits per heavy atom. The van der Waals surface area contributed by atoms with E-state index in [0.29, 0.717) is 6.54 Å². The molecule has 0 radical (unpaired) electrons. The lowest BCUT2D eigenvalue weighted by atomic mass is 10.1. The van der Waals surface area contributed by atoms with Crippen molar-refractivity contribution in [1.82, 2.24) is 10.2 Å². The number of thioether (sulfide) groups is 1. The van der Waals surface area contributed by atoms with E-state index >= 15 is 0 Å². The lowest BCUT2D eigenvalue weighted by Gasteiger charge is -2.30. The largest absolute Gasteiger partial charge is 0.318 e. The van der Waals surface area contributed by atoms with Gasteiger partial charge in [-0.1, -0.05) is 31.2 Å². The molecule has 4 heteroatoms. The molecule has 2 atom stereocenters. The van der Waals surface area contributed by atoms with Crippen LogP contribution in [0.1, 0.15) is 31.1 Å². The smallest absolute Gasteiger partial charge is 0.238 e. The van der Waals surface area contributed by atoms with Gasteiger partial charge in [0, 0.05) is 11.8 Å². The van der Waals surface area contributed by atoms with E-state index in [4.69, 9.17) is 0 Å². The van der Waals surface area contributed by atoms with Crippen molar-refractivity contribution in [3.63, 3.8) is 0 Å². The lowest BCUT2D eigenvalue weighted by Crippen LogP contribution is -2.39. The van der Waals surface area contributed by atoms with Crippen LogP contribution in [0.15, 0.2) is 24.3 Å². The van der Waals surface area contributed by atoms with Crippen LogP contribution in [0.2, 0.25) is 0 Å². The van der Waals surface area contributed by atoms with Crippen molar-refractivity contribution in [1.29, 1.82) is 0 Å². The maximum atomic E-state index is 12.1. The van der Waals surface area contributed by atoms with E-state index in [1.807, 2.05) is 4.90 Å². The molecule has 0 bridgehead atoms. The minimum Gasteiger partial charge on any atom is -0.318 e. The fourth-order valence-corrected chi connectivity index (χ4v) is 3.20. The third-order valence-corrected chi connectivity index (χ3v) is 4.41. The molecule has 0 aromatic heterocycles. The van der Waals surface area contributed by atoms with Crippen LogP contribution in [0.4, 0.5) is 0 Å². The number of rotatable bonds is 5. The van der Waals surface area contributed by atoms with E-state index < -0.39 is 0 Å². The van der Waals surface area contributed by atoms with Crippen molar-refractivity contribution < 1.29 is 4.79 Å². The normalized spacial score (nSPS) is 20.9. The van der Waals surface area contributed by atoms with Crippen molar-refractivity contribution >= 4 is 17.7 Å². The molecular formula is C15H22N2OS. The molecule has 3 nitrogen and oxygen atoms in total. The quantitative estimate of drug-likeness (QED) is 0.898. The second-order valence-corrected chi connectivity index (χ2v) is 5.89. The van der Waals surface area contributed by atoms with Crippen molar-refractivity contribution in [3.05, 3.63) is 35.4 Å². The summed E-state index contributed by atoms with van der Waals surface area (Å²) >= 11 is 1.78. The lowest BCUT2D eigenvalue weighted by molar-refractivity contribution is -0.129. The van der Waals surface area contributed by atoms with Gasteiger partial charge in [0.05, 0.1) is 6.54 Å². The first-order valence-corrected chi connectivity index (χ1v) is 8.19. The van der Waals surface area contributed by atoms with Crippen molar-refractivity contribution in [3.8, 4) is 0 Å². The van der Waals surface area contributed by atoms with Gasteiger partial charge in [0.1, 0.15) is 6.17 Å². The molecular weight excluding hydrogens is 256 g/mol. The molecule has 1 heterocycles. The Hall–Kier alpha value is -1.00. The van der Waals surface area contributed by atoms with E-state index in [-0.39, 0.29) is 18.1 Å². The summed E-state index contributed by atoms with van der Waals surface area (Å²) in [5, 5.41) is 3.32. The molecule has 0 saturated carbocycles. The highest BCUT2D eigenvalue weighted by Gasteiger charge is 2.34. The van der Waals surface area contributed by atoms with Gasteiger partial charge >= 0.3 is 0 Å². The number of nitrogens with zero attached hydrogens (tertiary/aromatic N) is 1. The minimum atomic E-state index is 0.0283. The van der Waals surface area contributed by atoms with Crippen molar-refractivity contribution in [2.24, 2.45) is 0 Å². The fraction of sp³-hybridized carbons (Fsp3) is 0.533. The Balaban J connectivity index is 2.19. The van der Waals surface area contributed by atoms with E-state index in [1.165, 1.54) is 11.1 Å². The number of amides is 1. The number of nitrogens with one attached hydrogen (secondary N) is 1. The van der Waals surface area contributed by atoms with Crippen LogP contribution in [0.5, 0.6) is 0 Å². The van der Waals surface area contributed by atoms with Crippen LogP contribution in [0, 0.1) is 0 Å². The first-order chi connectivity index (χ1) is 9.17. The summed E-state index contributed by atoms with van der Waals surface area (Å²) in [6.45, 7) is 4.72.